The second-order valence-electron chi connectivity index (χ2n) is 5.44. The summed E-state index contributed by atoms with van der Waals surface area (Å²) >= 11 is 3.08. The predicted molar refractivity (Wildman–Crippen MR) is 85.7 cm³/mol. The third kappa shape index (κ3) is 3.02. The molecule has 2 aromatic heterocycles. The van der Waals surface area contributed by atoms with Crippen molar-refractivity contribution in [2.75, 3.05) is 13.2 Å². The van der Waals surface area contributed by atoms with Gasteiger partial charge >= 0.3 is 0 Å². The highest BCUT2D eigenvalue weighted by molar-refractivity contribution is 7.21. The maximum Gasteiger partial charge on any atom is 0.265 e. The average molecular weight is 322 g/mol. The molecule has 1 aliphatic rings. The first kappa shape index (κ1) is 14.7. The van der Waals surface area contributed by atoms with Crippen LogP contribution in [0.25, 0.3) is 9.88 Å². The number of thiazole rings is 1. The molecule has 6 heteroatoms. The first-order chi connectivity index (χ1) is 10.2. The molecule has 21 heavy (non-hydrogen) atoms. The third-order valence-corrected chi connectivity index (χ3v) is 5.97. The molecule has 0 bridgehead atoms. The van der Waals surface area contributed by atoms with Crippen LogP contribution in [0.4, 0.5) is 0 Å². The molecule has 0 saturated carbocycles. The van der Waals surface area contributed by atoms with E-state index in [9.17, 15) is 9.90 Å². The lowest BCUT2D eigenvalue weighted by molar-refractivity contribution is 0.0493. The van der Waals surface area contributed by atoms with Gasteiger partial charge in [0.2, 0.25) is 0 Å². The van der Waals surface area contributed by atoms with E-state index in [-0.39, 0.29) is 24.5 Å². The Labute approximate surface area is 132 Å². The van der Waals surface area contributed by atoms with Crippen molar-refractivity contribution in [3.63, 3.8) is 0 Å². The van der Waals surface area contributed by atoms with Gasteiger partial charge in [0.1, 0.15) is 9.88 Å². The summed E-state index contributed by atoms with van der Waals surface area (Å²) in [6.07, 6.45) is 3.62. The molecule has 0 aliphatic carbocycles. The Morgan fingerprint density at radius 3 is 3.10 bits per heavy atom. The zero-order valence-corrected chi connectivity index (χ0v) is 13.5. The number of aromatic nitrogens is 1. The van der Waals surface area contributed by atoms with E-state index in [2.05, 4.69) is 11.9 Å². The van der Waals surface area contributed by atoms with Gasteiger partial charge in [-0.2, -0.15) is 0 Å². The monoisotopic (exact) mass is 322 g/mol. The number of nitrogens with zero attached hydrogens (tertiary/aromatic N) is 2. The normalized spacial score (nSPS) is 22.5. The third-order valence-electron chi connectivity index (χ3n) is 3.95. The van der Waals surface area contributed by atoms with E-state index in [1.807, 2.05) is 22.4 Å². The largest absolute Gasteiger partial charge is 0.396 e. The molecule has 2 aromatic rings. The summed E-state index contributed by atoms with van der Waals surface area (Å²) in [5, 5.41) is 12.2. The van der Waals surface area contributed by atoms with Gasteiger partial charge in [-0.15, -0.1) is 22.7 Å². The first-order valence-electron chi connectivity index (χ1n) is 7.10. The number of hydrogen-bond donors (Lipinski definition) is 1. The van der Waals surface area contributed by atoms with Gasteiger partial charge in [0.15, 0.2) is 0 Å². The van der Waals surface area contributed by atoms with Crippen LogP contribution >= 0.6 is 22.7 Å². The number of thiophene rings is 1. The summed E-state index contributed by atoms with van der Waals surface area (Å²) in [6.45, 7) is 2.87. The Morgan fingerprint density at radius 1 is 1.52 bits per heavy atom. The number of hydrogen-bond acceptors (Lipinski definition) is 5. The molecule has 2 atom stereocenters. The topological polar surface area (TPSA) is 53.4 Å². The van der Waals surface area contributed by atoms with Crippen molar-refractivity contribution in [1.82, 2.24) is 9.88 Å². The molecule has 1 aliphatic heterocycles. The Hall–Kier alpha value is -1.24. The highest BCUT2D eigenvalue weighted by atomic mass is 32.1. The van der Waals surface area contributed by atoms with Crippen molar-refractivity contribution >= 4 is 28.6 Å². The molecule has 0 radical (unpaired) electrons. The summed E-state index contributed by atoms with van der Waals surface area (Å²) in [4.78, 5) is 20.7. The summed E-state index contributed by atoms with van der Waals surface area (Å²) in [7, 11) is 0. The van der Waals surface area contributed by atoms with Crippen LogP contribution in [0.3, 0.4) is 0 Å². The van der Waals surface area contributed by atoms with E-state index in [0.29, 0.717) is 11.4 Å². The molecule has 1 fully saturated rings. The summed E-state index contributed by atoms with van der Waals surface area (Å²) in [6, 6.07) is 4.23. The highest BCUT2D eigenvalue weighted by Gasteiger charge is 2.30. The second kappa shape index (κ2) is 6.25. The molecule has 2 unspecified atom stereocenters. The number of amides is 1. The molecule has 0 spiro atoms. The van der Waals surface area contributed by atoms with E-state index in [0.717, 1.165) is 22.7 Å². The van der Waals surface area contributed by atoms with E-state index < -0.39 is 0 Å². The maximum absolute atomic E-state index is 12.7. The number of aliphatic hydroxyl groups is 1. The van der Waals surface area contributed by atoms with Crippen LogP contribution in [0.2, 0.25) is 0 Å². The van der Waals surface area contributed by atoms with Crippen LogP contribution in [-0.2, 0) is 0 Å². The van der Waals surface area contributed by atoms with E-state index in [1.165, 1.54) is 11.3 Å². The van der Waals surface area contributed by atoms with Crippen LogP contribution in [0.1, 0.15) is 29.4 Å². The van der Waals surface area contributed by atoms with Crippen LogP contribution in [0, 0.1) is 5.92 Å². The molecule has 112 valence electrons. The van der Waals surface area contributed by atoms with Crippen LogP contribution in [0.15, 0.2) is 23.7 Å². The SMILES string of the molecule is CC1CCC(CO)CN1C(=O)c1cnc(-c2cccs2)s1. The minimum absolute atomic E-state index is 0.0426. The molecule has 3 rings (SSSR count). The Kier molecular flexibility index (Phi) is 4.37. The zero-order valence-electron chi connectivity index (χ0n) is 11.9. The predicted octanol–water partition coefficient (Wildman–Crippen LogP) is 3.10. The standard InChI is InChI=1S/C15H18N2O2S2/c1-10-4-5-11(9-18)8-17(10)15(19)13-7-16-14(21-13)12-3-2-6-20-12/h2-3,6-7,10-11,18H,4-5,8-9H2,1H3. The van der Waals surface area contributed by atoms with E-state index in [1.54, 1.807) is 17.5 Å². The molecule has 3 heterocycles. The first-order valence-corrected chi connectivity index (χ1v) is 8.80. The van der Waals surface area contributed by atoms with Gasteiger partial charge in [-0.25, -0.2) is 4.98 Å². The lowest BCUT2D eigenvalue weighted by Crippen LogP contribution is -2.46. The Bertz CT molecular complexity index is 609. The molecule has 0 aromatic carbocycles. The fraction of sp³-hybridized carbons (Fsp3) is 0.467. The van der Waals surface area contributed by atoms with Crippen molar-refractivity contribution in [1.29, 1.82) is 0 Å². The molecule has 1 N–H and O–H groups in total. The molecule has 1 amide bonds. The van der Waals surface area contributed by atoms with E-state index >= 15 is 0 Å². The number of piperidine rings is 1. The summed E-state index contributed by atoms with van der Waals surface area (Å²) < 4.78 is 0. The number of carbonyl (C=O) groups excluding carboxylic acids is 1. The summed E-state index contributed by atoms with van der Waals surface area (Å²) in [5.41, 5.74) is 0. The maximum atomic E-state index is 12.7. The van der Waals surface area contributed by atoms with Crippen LogP contribution in [-0.4, -0.2) is 40.1 Å². The minimum atomic E-state index is 0.0426. The van der Waals surface area contributed by atoms with Gasteiger partial charge in [-0.1, -0.05) is 6.07 Å². The Balaban J connectivity index is 1.78. The van der Waals surface area contributed by atoms with Gasteiger partial charge in [0.25, 0.3) is 5.91 Å². The number of aliphatic hydroxyl groups excluding tert-OH is 1. The molecule has 1 saturated heterocycles. The van der Waals surface area contributed by atoms with Crippen molar-refractivity contribution < 1.29 is 9.90 Å². The fourth-order valence-corrected chi connectivity index (χ4v) is 4.32. The van der Waals surface area contributed by atoms with Crippen molar-refractivity contribution in [3.05, 3.63) is 28.6 Å². The lowest BCUT2D eigenvalue weighted by Gasteiger charge is -2.37. The van der Waals surface area contributed by atoms with Gasteiger partial charge in [0, 0.05) is 19.2 Å². The number of carbonyl (C=O) groups is 1. The smallest absolute Gasteiger partial charge is 0.265 e. The Morgan fingerprint density at radius 2 is 2.38 bits per heavy atom. The molecular formula is C15H18N2O2S2. The van der Waals surface area contributed by atoms with Gasteiger partial charge in [-0.3, -0.25) is 4.79 Å². The quantitative estimate of drug-likeness (QED) is 0.944. The van der Waals surface area contributed by atoms with Crippen molar-refractivity contribution in [2.45, 2.75) is 25.8 Å². The van der Waals surface area contributed by atoms with Gasteiger partial charge < -0.3 is 10.0 Å². The fourth-order valence-electron chi connectivity index (χ4n) is 2.64. The van der Waals surface area contributed by atoms with Gasteiger partial charge in [0.05, 0.1) is 11.1 Å². The zero-order chi connectivity index (χ0) is 14.8. The number of likely N-dealkylation sites (tertiary alicyclic amines) is 1. The highest BCUT2D eigenvalue weighted by Crippen LogP contribution is 2.31. The van der Waals surface area contributed by atoms with Crippen LogP contribution < -0.4 is 0 Å². The molecular weight excluding hydrogens is 304 g/mol. The van der Waals surface area contributed by atoms with Crippen molar-refractivity contribution in [2.24, 2.45) is 5.92 Å². The van der Waals surface area contributed by atoms with Crippen LogP contribution in [0.5, 0.6) is 0 Å². The minimum Gasteiger partial charge on any atom is -0.396 e. The van der Waals surface area contributed by atoms with Gasteiger partial charge in [-0.05, 0) is 37.1 Å². The second-order valence-corrected chi connectivity index (χ2v) is 7.42. The lowest BCUT2D eigenvalue weighted by atomic mass is 9.94. The van der Waals surface area contributed by atoms with E-state index in [4.69, 9.17) is 0 Å². The average Bonchev–Trinajstić information content (AvgIpc) is 3.18. The van der Waals surface area contributed by atoms with Crippen molar-refractivity contribution in [3.8, 4) is 9.88 Å². The summed E-state index contributed by atoms with van der Waals surface area (Å²) in [5.74, 6) is 0.246. The molecule has 4 nitrogen and oxygen atoms in total. The number of rotatable bonds is 3.